The first-order valence-electron chi connectivity index (χ1n) is 10.1. The summed E-state index contributed by atoms with van der Waals surface area (Å²) < 4.78 is 0. The van der Waals surface area contributed by atoms with Gasteiger partial charge in [0.15, 0.2) is 6.04 Å². The first-order chi connectivity index (χ1) is 13.5. The van der Waals surface area contributed by atoms with Crippen LogP contribution in [0, 0.1) is 12.8 Å². The zero-order valence-electron chi connectivity index (χ0n) is 16.9. The van der Waals surface area contributed by atoms with Gasteiger partial charge in [-0.25, -0.2) is 0 Å². The monoisotopic (exact) mass is 380 g/mol. The van der Waals surface area contributed by atoms with Gasteiger partial charge in [0.2, 0.25) is 5.91 Å². The Kier molecular flexibility index (Phi) is 6.47. The molecule has 4 N–H and O–H groups in total. The van der Waals surface area contributed by atoms with Gasteiger partial charge in [0.05, 0.1) is 0 Å². The largest absolute Gasteiger partial charge is 0.339 e. The van der Waals surface area contributed by atoms with Crippen LogP contribution in [0.4, 0.5) is 5.69 Å². The minimum Gasteiger partial charge on any atom is -0.339 e. The van der Waals surface area contributed by atoms with Crippen LogP contribution in [0.5, 0.6) is 0 Å². The standard InChI is InChI=1S/C23H29N3O2/c1-4-16(3)21(23(28)25-19-11-9-15(2)10-12-19)26-22(27)20-13-17-7-5-6-8-18(17)14-24-20/h5-12,16,20-21,24H,4,13-14H2,1-3H3,(H,25,28)(H,26,27)/p+1/t16-,20+,21+/m1/s1. The second kappa shape index (κ2) is 9.02. The molecule has 148 valence electrons. The van der Waals surface area contributed by atoms with E-state index in [-0.39, 0.29) is 23.8 Å². The molecule has 0 spiro atoms. The van der Waals surface area contributed by atoms with E-state index in [1.807, 2.05) is 57.2 Å². The summed E-state index contributed by atoms with van der Waals surface area (Å²) in [5.74, 6) is -0.188. The highest BCUT2D eigenvalue weighted by molar-refractivity contribution is 5.97. The molecule has 3 rings (SSSR count). The van der Waals surface area contributed by atoms with Crippen molar-refractivity contribution in [3.05, 3.63) is 65.2 Å². The fraction of sp³-hybridized carbons (Fsp3) is 0.391. The van der Waals surface area contributed by atoms with Gasteiger partial charge in [-0.05, 0) is 30.5 Å². The maximum Gasteiger partial charge on any atom is 0.279 e. The number of hydrogen-bond acceptors (Lipinski definition) is 2. The Morgan fingerprint density at radius 2 is 1.79 bits per heavy atom. The third-order valence-corrected chi connectivity index (χ3v) is 5.63. The van der Waals surface area contributed by atoms with Gasteiger partial charge in [-0.1, -0.05) is 62.2 Å². The summed E-state index contributed by atoms with van der Waals surface area (Å²) in [7, 11) is 0. The van der Waals surface area contributed by atoms with E-state index in [1.54, 1.807) is 0 Å². The predicted octanol–water partition coefficient (Wildman–Crippen LogP) is 2.15. The molecule has 3 atom stereocenters. The lowest BCUT2D eigenvalue weighted by Gasteiger charge is -2.27. The number of carbonyl (C=O) groups excluding carboxylic acids is 2. The number of quaternary nitrogens is 1. The van der Waals surface area contributed by atoms with E-state index in [4.69, 9.17) is 0 Å². The summed E-state index contributed by atoms with van der Waals surface area (Å²) in [5, 5.41) is 8.02. The Bertz CT molecular complexity index is 832. The number of benzene rings is 2. The van der Waals surface area contributed by atoms with Crippen LogP contribution < -0.4 is 16.0 Å². The van der Waals surface area contributed by atoms with E-state index in [0.29, 0.717) is 6.42 Å². The average molecular weight is 381 g/mol. The lowest BCUT2D eigenvalue weighted by atomic mass is 9.94. The lowest BCUT2D eigenvalue weighted by Crippen LogP contribution is -2.93. The number of fused-ring (bicyclic) bond motifs is 1. The highest BCUT2D eigenvalue weighted by Crippen LogP contribution is 2.15. The summed E-state index contributed by atoms with van der Waals surface area (Å²) in [5.41, 5.74) is 4.38. The fourth-order valence-corrected chi connectivity index (χ4v) is 3.56. The van der Waals surface area contributed by atoms with Crippen LogP contribution in [0.15, 0.2) is 48.5 Å². The van der Waals surface area contributed by atoms with Crippen LogP contribution in [0.3, 0.4) is 0 Å². The molecular formula is C23H30N3O2+. The normalized spacial score (nSPS) is 17.9. The summed E-state index contributed by atoms with van der Waals surface area (Å²) in [6, 6.07) is 15.2. The van der Waals surface area contributed by atoms with Gasteiger partial charge in [-0.15, -0.1) is 0 Å². The van der Waals surface area contributed by atoms with Gasteiger partial charge in [0, 0.05) is 17.7 Å². The first kappa shape index (κ1) is 20.1. The topological polar surface area (TPSA) is 74.8 Å². The highest BCUT2D eigenvalue weighted by atomic mass is 16.2. The van der Waals surface area contributed by atoms with Crippen LogP contribution in [0.1, 0.15) is 37.0 Å². The van der Waals surface area contributed by atoms with Crippen molar-refractivity contribution in [2.75, 3.05) is 5.32 Å². The third-order valence-electron chi connectivity index (χ3n) is 5.63. The number of rotatable bonds is 6. The Hall–Kier alpha value is -2.66. The summed E-state index contributed by atoms with van der Waals surface area (Å²) in [6.45, 7) is 6.83. The van der Waals surface area contributed by atoms with Gasteiger partial charge in [0.1, 0.15) is 12.6 Å². The van der Waals surface area contributed by atoms with E-state index in [1.165, 1.54) is 11.1 Å². The first-order valence-corrected chi connectivity index (χ1v) is 10.1. The smallest absolute Gasteiger partial charge is 0.279 e. The van der Waals surface area contributed by atoms with Gasteiger partial charge in [0.25, 0.3) is 5.91 Å². The minimum absolute atomic E-state index is 0.0466. The van der Waals surface area contributed by atoms with Gasteiger partial charge >= 0.3 is 0 Å². The van der Waals surface area contributed by atoms with E-state index in [0.717, 1.165) is 24.2 Å². The average Bonchev–Trinajstić information content (AvgIpc) is 2.72. The molecule has 0 fully saturated rings. The quantitative estimate of drug-likeness (QED) is 0.718. The Morgan fingerprint density at radius 3 is 2.46 bits per heavy atom. The van der Waals surface area contributed by atoms with Crippen LogP contribution in [0.2, 0.25) is 0 Å². The molecule has 0 aromatic heterocycles. The van der Waals surface area contributed by atoms with Crippen molar-refractivity contribution in [2.24, 2.45) is 5.92 Å². The SMILES string of the molecule is CC[C@@H](C)[C@H](NC(=O)[C@@H]1Cc2ccccc2C[NH2+]1)C(=O)Nc1ccc(C)cc1. The molecule has 0 saturated heterocycles. The molecule has 1 aliphatic heterocycles. The van der Waals surface area contributed by atoms with Gasteiger partial charge in [-0.2, -0.15) is 0 Å². The van der Waals surface area contributed by atoms with Crippen LogP contribution in [-0.2, 0) is 22.6 Å². The maximum absolute atomic E-state index is 12.9. The molecule has 0 bridgehead atoms. The van der Waals surface area contributed by atoms with Gasteiger partial charge < -0.3 is 16.0 Å². The molecule has 1 heterocycles. The number of amides is 2. The Labute approximate surface area is 166 Å². The molecule has 1 aliphatic rings. The number of carbonyl (C=O) groups is 2. The molecule has 0 aliphatic carbocycles. The molecule has 0 saturated carbocycles. The molecule has 5 nitrogen and oxygen atoms in total. The van der Waals surface area contributed by atoms with Crippen molar-refractivity contribution in [2.45, 2.75) is 52.2 Å². The second-order valence-electron chi connectivity index (χ2n) is 7.75. The van der Waals surface area contributed by atoms with Crippen LogP contribution in [0.25, 0.3) is 0 Å². The molecule has 28 heavy (non-hydrogen) atoms. The van der Waals surface area contributed by atoms with E-state index in [9.17, 15) is 9.59 Å². The molecule has 2 aromatic carbocycles. The minimum atomic E-state index is -0.552. The lowest BCUT2D eigenvalue weighted by molar-refractivity contribution is -0.695. The van der Waals surface area contributed by atoms with Crippen molar-refractivity contribution in [3.8, 4) is 0 Å². The van der Waals surface area contributed by atoms with Crippen LogP contribution >= 0.6 is 0 Å². The molecule has 0 radical (unpaired) electrons. The molecule has 2 amide bonds. The zero-order valence-corrected chi connectivity index (χ0v) is 16.9. The number of anilines is 1. The predicted molar refractivity (Wildman–Crippen MR) is 111 cm³/mol. The van der Waals surface area contributed by atoms with Crippen molar-refractivity contribution >= 4 is 17.5 Å². The van der Waals surface area contributed by atoms with E-state index >= 15 is 0 Å². The van der Waals surface area contributed by atoms with Crippen LogP contribution in [-0.4, -0.2) is 23.9 Å². The number of hydrogen-bond donors (Lipinski definition) is 3. The molecule has 2 aromatic rings. The Balaban J connectivity index is 1.67. The number of aryl methyl sites for hydroxylation is 1. The zero-order chi connectivity index (χ0) is 20.1. The summed E-state index contributed by atoms with van der Waals surface area (Å²) >= 11 is 0. The van der Waals surface area contributed by atoms with E-state index in [2.05, 4.69) is 28.1 Å². The van der Waals surface area contributed by atoms with E-state index < -0.39 is 6.04 Å². The van der Waals surface area contributed by atoms with Crippen molar-refractivity contribution in [3.63, 3.8) is 0 Å². The fourth-order valence-electron chi connectivity index (χ4n) is 3.56. The highest BCUT2D eigenvalue weighted by Gasteiger charge is 2.32. The summed E-state index contributed by atoms with van der Waals surface area (Å²) in [4.78, 5) is 25.8. The number of nitrogens with two attached hydrogens (primary N) is 1. The summed E-state index contributed by atoms with van der Waals surface area (Å²) in [6.07, 6.45) is 1.50. The molecule has 5 heteroatoms. The van der Waals surface area contributed by atoms with Crippen molar-refractivity contribution in [1.29, 1.82) is 0 Å². The van der Waals surface area contributed by atoms with Crippen molar-refractivity contribution in [1.82, 2.24) is 5.32 Å². The number of nitrogens with one attached hydrogen (secondary N) is 2. The second-order valence-corrected chi connectivity index (χ2v) is 7.75. The van der Waals surface area contributed by atoms with Gasteiger partial charge in [-0.3, -0.25) is 9.59 Å². The molecule has 0 unspecified atom stereocenters. The maximum atomic E-state index is 12.9. The van der Waals surface area contributed by atoms with Crippen molar-refractivity contribution < 1.29 is 14.9 Å². The third kappa shape index (κ3) is 4.78. The molecular weight excluding hydrogens is 350 g/mol. The Morgan fingerprint density at radius 1 is 1.11 bits per heavy atom.